The number of anilines is 1. The summed E-state index contributed by atoms with van der Waals surface area (Å²) in [6, 6.07) is 9.88. The Morgan fingerprint density at radius 1 is 1.05 bits per heavy atom. The molecule has 1 N–H and O–H groups in total. The van der Waals surface area contributed by atoms with Crippen LogP contribution in [-0.4, -0.2) is 50.0 Å². The SMILES string of the molecule is CC(C)NC(=O)C(C)N(Cc1ccccc1Cl)C(=O)CCCN(c1cccc(C(F)(F)F)c1)S(C)(=O)=O. The highest BCUT2D eigenvalue weighted by Gasteiger charge is 2.32. The van der Waals surface area contributed by atoms with E-state index in [1.165, 1.54) is 11.0 Å². The predicted octanol–water partition coefficient (Wildman–Crippen LogP) is 4.85. The van der Waals surface area contributed by atoms with Gasteiger partial charge in [-0.15, -0.1) is 0 Å². The molecule has 7 nitrogen and oxygen atoms in total. The number of alkyl halides is 3. The van der Waals surface area contributed by atoms with Gasteiger partial charge in [-0.25, -0.2) is 8.42 Å². The summed E-state index contributed by atoms with van der Waals surface area (Å²) in [7, 11) is -3.94. The van der Waals surface area contributed by atoms with E-state index in [0.29, 0.717) is 10.6 Å². The van der Waals surface area contributed by atoms with Crippen molar-refractivity contribution < 1.29 is 31.2 Å². The summed E-state index contributed by atoms with van der Waals surface area (Å²) in [5, 5.41) is 3.19. The zero-order valence-electron chi connectivity index (χ0n) is 21.0. The second-order valence-electron chi connectivity index (χ2n) is 8.94. The lowest BCUT2D eigenvalue weighted by Crippen LogP contribution is -2.49. The van der Waals surface area contributed by atoms with Crippen molar-refractivity contribution in [2.45, 2.75) is 58.4 Å². The van der Waals surface area contributed by atoms with E-state index in [-0.39, 0.29) is 43.6 Å². The average molecular weight is 562 g/mol. The third-order valence-corrected chi connectivity index (χ3v) is 7.07. The number of carbonyl (C=O) groups excluding carboxylic acids is 2. The molecule has 0 fully saturated rings. The smallest absolute Gasteiger partial charge is 0.352 e. The molecule has 2 aromatic carbocycles. The Bertz CT molecular complexity index is 1210. The number of amides is 2. The summed E-state index contributed by atoms with van der Waals surface area (Å²) in [5.74, 6) is -0.791. The maximum Gasteiger partial charge on any atom is 0.416 e. The lowest BCUT2D eigenvalue weighted by atomic mass is 10.1. The number of sulfonamides is 1. The minimum Gasteiger partial charge on any atom is -0.352 e. The standard InChI is InChI=1S/C25H31ClF3N3O4S/c1-17(2)30-24(34)18(3)31(16-19-9-5-6-12-22(19)26)23(33)13-8-14-32(37(4,35)36)21-11-7-10-20(15-21)25(27,28)29/h5-7,9-12,15,17-18H,8,13-14,16H2,1-4H3,(H,30,34). The topological polar surface area (TPSA) is 86.8 Å². The maximum absolute atomic E-state index is 13.2. The van der Waals surface area contributed by atoms with Gasteiger partial charge in [0.1, 0.15) is 6.04 Å². The van der Waals surface area contributed by atoms with E-state index in [4.69, 9.17) is 11.6 Å². The number of halogens is 4. The van der Waals surface area contributed by atoms with E-state index >= 15 is 0 Å². The molecule has 2 aromatic rings. The highest BCUT2D eigenvalue weighted by atomic mass is 35.5. The maximum atomic E-state index is 13.2. The van der Waals surface area contributed by atoms with Crippen molar-refractivity contribution in [2.24, 2.45) is 0 Å². The van der Waals surface area contributed by atoms with Gasteiger partial charge in [-0.2, -0.15) is 13.2 Å². The molecule has 0 heterocycles. The molecule has 2 amide bonds. The van der Waals surface area contributed by atoms with Crippen LogP contribution in [0.4, 0.5) is 18.9 Å². The molecule has 0 aliphatic carbocycles. The lowest BCUT2D eigenvalue weighted by Gasteiger charge is -2.30. The Balaban J connectivity index is 2.23. The van der Waals surface area contributed by atoms with Crippen LogP contribution in [0.15, 0.2) is 48.5 Å². The lowest BCUT2D eigenvalue weighted by molar-refractivity contribution is -0.140. The number of rotatable bonds is 11. The Kier molecular flexibility index (Phi) is 10.4. The first-order valence-corrected chi connectivity index (χ1v) is 13.8. The molecule has 1 unspecified atom stereocenters. The van der Waals surface area contributed by atoms with Crippen molar-refractivity contribution in [1.82, 2.24) is 10.2 Å². The molecule has 0 saturated carbocycles. The fraction of sp³-hybridized carbons (Fsp3) is 0.440. The number of hydrogen-bond acceptors (Lipinski definition) is 4. The van der Waals surface area contributed by atoms with Crippen molar-refractivity contribution in [3.63, 3.8) is 0 Å². The fourth-order valence-corrected chi connectivity index (χ4v) is 4.79. The van der Waals surface area contributed by atoms with E-state index in [1.807, 2.05) is 0 Å². The molecule has 12 heteroatoms. The summed E-state index contributed by atoms with van der Waals surface area (Å²) in [5.41, 5.74) is -0.503. The summed E-state index contributed by atoms with van der Waals surface area (Å²) < 4.78 is 65.0. The summed E-state index contributed by atoms with van der Waals surface area (Å²) >= 11 is 6.26. The first-order chi connectivity index (χ1) is 17.1. The molecule has 0 radical (unpaired) electrons. The molecule has 0 saturated heterocycles. The van der Waals surface area contributed by atoms with Crippen molar-refractivity contribution in [1.29, 1.82) is 0 Å². The fourth-order valence-electron chi connectivity index (χ4n) is 3.64. The second kappa shape index (κ2) is 12.6. The number of carbonyl (C=O) groups is 2. The van der Waals surface area contributed by atoms with E-state index in [2.05, 4.69) is 5.32 Å². The molecule has 0 aliphatic heterocycles. The number of nitrogens with zero attached hydrogens (tertiary/aromatic N) is 2. The quantitative estimate of drug-likeness (QED) is 0.425. The van der Waals surface area contributed by atoms with Gasteiger partial charge in [0.2, 0.25) is 21.8 Å². The van der Waals surface area contributed by atoms with Crippen LogP contribution in [0, 0.1) is 0 Å². The van der Waals surface area contributed by atoms with Crippen LogP contribution in [-0.2, 0) is 32.3 Å². The molecule has 0 spiro atoms. The summed E-state index contributed by atoms with van der Waals surface area (Å²) in [6.45, 7) is 4.99. The van der Waals surface area contributed by atoms with Crippen molar-refractivity contribution in [2.75, 3.05) is 17.1 Å². The van der Waals surface area contributed by atoms with E-state index in [0.717, 1.165) is 28.8 Å². The Hall–Kier alpha value is -2.79. The molecule has 204 valence electrons. The molecular weight excluding hydrogens is 531 g/mol. The Labute approximate surface area is 220 Å². The van der Waals surface area contributed by atoms with Gasteiger partial charge in [0.15, 0.2) is 0 Å². The van der Waals surface area contributed by atoms with Gasteiger partial charge in [-0.05, 0) is 57.0 Å². The van der Waals surface area contributed by atoms with Crippen LogP contribution < -0.4 is 9.62 Å². The average Bonchev–Trinajstić information content (AvgIpc) is 2.79. The van der Waals surface area contributed by atoms with Crippen LogP contribution >= 0.6 is 11.6 Å². The molecule has 0 aliphatic rings. The monoisotopic (exact) mass is 561 g/mol. The van der Waals surface area contributed by atoms with Crippen LogP contribution in [0.5, 0.6) is 0 Å². The zero-order chi connectivity index (χ0) is 28.0. The minimum atomic E-state index is -4.64. The van der Waals surface area contributed by atoms with Gasteiger partial charge < -0.3 is 10.2 Å². The summed E-state index contributed by atoms with van der Waals surface area (Å²) in [6.07, 6.45) is -3.88. The van der Waals surface area contributed by atoms with E-state index in [9.17, 15) is 31.2 Å². The van der Waals surface area contributed by atoms with Gasteiger partial charge in [0.25, 0.3) is 0 Å². The predicted molar refractivity (Wildman–Crippen MR) is 138 cm³/mol. The largest absolute Gasteiger partial charge is 0.416 e. The Morgan fingerprint density at radius 2 is 1.70 bits per heavy atom. The van der Waals surface area contributed by atoms with Crippen molar-refractivity contribution >= 4 is 39.1 Å². The molecule has 1 atom stereocenters. The number of hydrogen-bond donors (Lipinski definition) is 1. The molecule has 37 heavy (non-hydrogen) atoms. The summed E-state index contributed by atoms with van der Waals surface area (Å²) in [4.78, 5) is 27.3. The first kappa shape index (κ1) is 30.4. The highest BCUT2D eigenvalue weighted by molar-refractivity contribution is 7.92. The van der Waals surface area contributed by atoms with Gasteiger partial charge in [-0.1, -0.05) is 35.9 Å². The van der Waals surface area contributed by atoms with Crippen molar-refractivity contribution in [3.05, 3.63) is 64.7 Å². The van der Waals surface area contributed by atoms with Crippen LogP contribution in [0.25, 0.3) is 0 Å². The molecule has 2 rings (SSSR count). The Morgan fingerprint density at radius 3 is 2.27 bits per heavy atom. The van der Waals surface area contributed by atoms with Gasteiger partial charge in [0, 0.05) is 30.6 Å². The number of nitrogens with one attached hydrogen (secondary N) is 1. The van der Waals surface area contributed by atoms with Crippen molar-refractivity contribution in [3.8, 4) is 0 Å². The van der Waals surface area contributed by atoms with Gasteiger partial charge in [-0.3, -0.25) is 13.9 Å². The third kappa shape index (κ3) is 8.92. The zero-order valence-corrected chi connectivity index (χ0v) is 22.6. The van der Waals surface area contributed by atoms with E-state index in [1.54, 1.807) is 45.0 Å². The highest BCUT2D eigenvalue weighted by Crippen LogP contribution is 2.32. The van der Waals surface area contributed by atoms with E-state index < -0.39 is 33.7 Å². The molecule has 0 aromatic heterocycles. The molecule has 0 bridgehead atoms. The van der Waals surface area contributed by atoms with Crippen LogP contribution in [0.3, 0.4) is 0 Å². The number of benzene rings is 2. The molecular formula is C25H31ClF3N3O4S. The van der Waals surface area contributed by atoms with Gasteiger partial charge >= 0.3 is 6.18 Å². The first-order valence-electron chi connectivity index (χ1n) is 11.6. The van der Waals surface area contributed by atoms with Crippen LogP contribution in [0.2, 0.25) is 5.02 Å². The minimum absolute atomic E-state index is 0.0136. The second-order valence-corrected chi connectivity index (χ2v) is 11.3. The normalized spacial score (nSPS) is 12.8. The third-order valence-electron chi connectivity index (χ3n) is 5.51. The van der Waals surface area contributed by atoms with Gasteiger partial charge in [0.05, 0.1) is 17.5 Å². The van der Waals surface area contributed by atoms with Crippen LogP contribution in [0.1, 0.15) is 44.7 Å².